The lowest BCUT2D eigenvalue weighted by Crippen LogP contribution is -2.48. The predicted octanol–water partition coefficient (Wildman–Crippen LogP) is 2.64. The number of carboxylic acid groups (broad SMARTS) is 1. The minimum absolute atomic E-state index is 0.125. The number of fused-ring (bicyclic) bond motifs is 1. The highest BCUT2D eigenvalue weighted by Gasteiger charge is 2.35. The van der Waals surface area contributed by atoms with Gasteiger partial charge in [-0.1, -0.05) is 18.2 Å². The van der Waals surface area contributed by atoms with E-state index in [0.717, 1.165) is 5.56 Å². The lowest BCUT2D eigenvalue weighted by atomic mass is 9.95. The molecule has 1 aliphatic rings. The van der Waals surface area contributed by atoms with Gasteiger partial charge < -0.3 is 5.11 Å². The summed E-state index contributed by atoms with van der Waals surface area (Å²) in [5, 5.41) is 20.2. The third-order valence-corrected chi connectivity index (χ3v) is 4.08. The van der Waals surface area contributed by atoms with Crippen LogP contribution in [0, 0.1) is 10.1 Å². The number of amides is 1. The van der Waals surface area contributed by atoms with Gasteiger partial charge in [0, 0.05) is 23.4 Å². The van der Waals surface area contributed by atoms with Gasteiger partial charge in [0.05, 0.1) is 4.92 Å². The molecule has 7 nitrogen and oxygen atoms in total. The predicted molar refractivity (Wildman–Crippen MR) is 86.1 cm³/mol. The van der Waals surface area contributed by atoms with Gasteiger partial charge in [0.25, 0.3) is 11.6 Å². The molecule has 1 atom stereocenters. The summed E-state index contributed by atoms with van der Waals surface area (Å²) in [6, 6.07) is 11.4. The Labute approximate surface area is 137 Å². The van der Waals surface area contributed by atoms with Crippen molar-refractivity contribution >= 4 is 23.3 Å². The van der Waals surface area contributed by atoms with Crippen molar-refractivity contribution in [2.24, 2.45) is 0 Å². The highest BCUT2D eigenvalue weighted by Crippen LogP contribution is 2.32. The Morgan fingerprint density at radius 3 is 2.42 bits per heavy atom. The molecule has 0 saturated carbocycles. The molecule has 1 amide bonds. The van der Waals surface area contributed by atoms with E-state index < -0.39 is 22.8 Å². The normalized spacial score (nSPS) is 16.3. The summed E-state index contributed by atoms with van der Waals surface area (Å²) in [6.45, 7) is 0. The second-order valence-corrected chi connectivity index (χ2v) is 5.50. The van der Waals surface area contributed by atoms with Crippen molar-refractivity contribution in [3.05, 3.63) is 69.8 Å². The molecule has 0 fully saturated rings. The maximum Gasteiger partial charge on any atom is 0.326 e. The molecule has 0 unspecified atom stereocenters. The Balaban J connectivity index is 2.02. The maximum atomic E-state index is 12.9. The lowest BCUT2D eigenvalue weighted by molar-refractivity contribution is -0.384. The van der Waals surface area contributed by atoms with Gasteiger partial charge in [-0.2, -0.15) is 0 Å². The number of carbonyl (C=O) groups excluding carboxylic acids is 1. The van der Waals surface area contributed by atoms with Crippen LogP contribution in [0.4, 0.5) is 11.4 Å². The average molecular weight is 326 g/mol. The highest BCUT2D eigenvalue weighted by molar-refractivity contribution is 6.10. The van der Waals surface area contributed by atoms with E-state index in [9.17, 15) is 24.8 Å². The topological polar surface area (TPSA) is 101 Å². The van der Waals surface area contributed by atoms with E-state index in [4.69, 9.17) is 0 Å². The van der Waals surface area contributed by atoms with Crippen LogP contribution in [-0.4, -0.2) is 27.9 Å². The molecular formula is C17H14N2O5. The van der Waals surface area contributed by atoms with Crippen molar-refractivity contribution in [1.82, 2.24) is 0 Å². The molecule has 3 rings (SSSR count). The van der Waals surface area contributed by atoms with Crippen molar-refractivity contribution in [1.29, 1.82) is 0 Å². The van der Waals surface area contributed by atoms with Gasteiger partial charge in [-0.15, -0.1) is 0 Å². The van der Waals surface area contributed by atoms with Crippen LogP contribution >= 0.6 is 0 Å². The molecule has 7 heteroatoms. The number of anilines is 1. The molecule has 2 aromatic carbocycles. The quantitative estimate of drug-likeness (QED) is 0.690. The second kappa shape index (κ2) is 6.11. The second-order valence-electron chi connectivity index (χ2n) is 5.50. The number of carboxylic acids is 1. The highest BCUT2D eigenvalue weighted by atomic mass is 16.6. The van der Waals surface area contributed by atoms with E-state index in [-0.39, 0.29) is 11.3 Å². The summed E-state index contributed by atoms with van der Waals surface area (Å²) in [7, 11) is 0. The summed E-state index contributed by atoms with van der Waals surface area (Å²) in [5.74, 6) is -1.55. The molecule has 1 heterocycles. The number of nitro benzene ring substituents is 1. The fourth-order valence-electron chi connectivity index (χ4n) is 2.90. The Morgan fingerprint density at radius 2 is 1.79 bits per heavy atom. The van der Waals surface area contributed by atoms with Gasteiger partial charge in [0.15, 0.2) is 0 Å². The van der Waals surface area contributed by atoms with Crippen LogP contribution in [0.3, 0.4) is 0 Å². The number of aryl methyl sites for hydroxylation is 1. The number of rotatable bonds is 3. The van der Waals surface area contributed by atoms with E-state index in [1.54, 1.807) is 12.1 Å². The molecule has 24 heavy (non-hydrogen) atoms. The molecule has 0 bridgehead atoms. The Hall–Kier alpha value is -3.22. The van der Waals surface area contributed by atoms with Crippen LogP contribution in [0.5, 0.6) is 0 Å². The molecule has 0 saturated heterocycles. The van der Waals surface area contributed by atoms with E-state index in [0.29, 0.717) is 18.5 Å². The first kappa shape index (κ1) is 15.7. The van der Waals surface area contributed by atoms with Crippen molar-refractivity contribution < 1.29 is 19.6 Å². The number of nitrogens with zero attached hydrogens (tertiary/aromatic N) is 2. The SMILES string of the molecule is O=C(O)[C@@H]1CCc2ccccc2N1C(=O)c1ccc([N+](=O)[O-])cc1. The number of benzene rings is 2. The van der Waals surface area contributed by atoms with E-state index in [2.05, 4.69) is 0 Å². The molecule has 2 aromatic rings. The minimum atomic E-state index is -1.07. The van der Waals surface area contributed by atoms with Gasteiger partial charge in [-0.05, 0) is 36.6 Å². The smallest absolute Gasteiger partial charge is 0.326 e. The molecule has 0 aromatic heterocycles. The van der Waals surface area contributed by atoms with Crippen LogP contribution in [0.1, 0.15) is 22.3 Å². The third-order valence-electron chi connectivity index (χ3n) is 4.08. The van der Waals surface area contributed by atoms with Crippen molar-refractivity contribution in [2.75, 3.05) is 4.90 Å². The molecule has 122 valence electrons. The zero-order chi connectivity index (χ0) is 17.3. The van der Waals surface area contributed by atoms with Gasteiger partial charge >= 0.3 is 5.97 Å². The first-order valence-electron chi connectivity index (χ1n) is 7.38. The Bertz CT molecular complexity index is 816. The standard InChI is InChI=1S/C17H14N2O5/c20-16(12-5-8-13(9-6-12)19(23)24)18-14-4-2-1-3-11(14)7-10-15(18)17(21)22/h1-6,8-9,15H,7,10H2,(H,21,22)/t15-/m0/s1. The Kier molecular flexibility index (Phi) is 3.99. The van der Waals surface area contributed by atoms with E-state index in [1.165, 1.54) is 29.2 Å². The number of carbonyl (C=O) groups is 2. The fraction of sp³-hybridized carbons (Fsp3) is 0.176. The fourth-order valence-corrected chi connectivity index (χ4v) is 2.90. The number of hydrogen-bond donors (Lipinski definition) is 1. The number of para-hydroxylation sites is 1. The zero-order valence-corrected chi connectivity index (χ0v) is 12.6. The summed E-state index contributed by atoms with van der Waals surface area (Å²) in [5.41, 5.74) is 1.56. The van der Waals surface area contributed by atoms with Gasteiger partial charge in [-0.25, -0.2) is 4.79 Å². The Morgan fingerprint density at radius 1 is 1.12 bits per heavy atom. The average Bonchev–Trinajstić information content (AvgIpc) is 2.60. The van der Waals surface area contributed by atoms with Crippen LogP contribution in [-0.2, 0) is 11.2 Å². The van der Waals surface area contributed by atoms with Crippen LogP contribution in [0.2, 0.25) is 0 Å². The van der Waals surface area contributed by atoms with Gasteiger partial charge in [-0.3, -0.25) is 19.8 Å². The minimum Gasteiger partial charge on any atom is -0.480 e. The van der Waals surface area contributed by atoms with Crippen molar-refractivity contribution in [2.45, 2.75) is 18.9 Å². The number of aliphatic carboxylic acids is 1. The van der Waals surface area contributed by atoms with E-state index >= 15 is 0 Å². The number of hydrogen-bond acceptors (Lipinski definition) is 4. The molecule has 1 N–H and O–H groups in total. The van der Waals surface area contributed by atoms with E-state index in [1.807, 2.05) is 12.1 Å². The molecule has 1 aliphatic heterocycles. The van der Waals surface area contributed by atoms with Crippen molar-refractivity contribution in [3.63, 3.8) is 0 Å². The molecule has 0 aliphatic carbocycles. The summed E-state index contributed by atoms with van der Waals surface area (Å²) >= 11 is 0. The van der Waals surface area contributed by atoms with Crippen molar-refractivity contribution in [3.8, 4) is 0 Å². The van der Waals surface area contributed by atoms with Crippen LogP contribution in [0.15, 0.2) is 48.5 Å². The van der Waals surface area contributed by atoms with Crippen LogP contribution in [0.25, 0.3) is 0 Å². The third kappa shape index (κ3) is 2.71. The molecule has 0 radical (unpaired) electrons. The molecular weight excluding hydrogens is 312 g/mol. The maximum absolute atomic E-state index is 12.9. The first-order valence-corrected chi connectivity index (χ1v) is 7.38. The summed E-state index contributed by atoms with van der Waals surface area (Å²) < 4.78 is 0. The summed E-state index contributed by atoms with van der Waals surface area (Å²) in [4.78, 5) is 35.9. The molecule has 0 spiro atoms. The van der Waals surface area contributed by atoms with Gasteiger partial charge in [0.1, 0.15) is 6.04 Å². The summed E-state index contributed by atoms with van der Waals surface area (Å²) in [6.07, 6.45) is 0.905. The zero-order valence-electron chi connectivity index (χ0n) is 12.6. The monoisotopic (exact) mass is 326 g/mol. The number of nitro groups is 1. The number of non-ortho nitro benzene ring substituents is 1. The first-order chi connectivity index (χ1) is 11.5. The largest absolute Gasteiger partial charge is 0.480 e. The lowest BCUT2D eigenvalue weighted by Gasteiger charge is -2.34. The van der Waals surface area contributed by atoms with Crippen LogP contribution < -0.4 is 4.90 Å². The van der Waals surface area contributed by atoms with Gasteiger partial charge in [0.2, 0.25) is 0 Å².